The molecule has 0 aromatic rings. The zero-order valence-corrected chi connectivity index (χ0v) is 9.90. The van der Waals surface area contributed by atoms with Crippen LogP contribution < -0.4 is 34.7 Å². The van der Waals surface area contributed by atoms with E-state index in [1.807, 2.05) is 0 Å². The number of rotatable bonds is 5. The van der Waals surface area contributed by atoms with Gasteiger partial charge in [-0.25, -0.2) is 0 Å². The second kappa shape index (κ2) is 9.19. The van der Waals surface area contributed by atoms with Crippen LogP contribution in [0.1, 0.15) is 0 Å². The van der Waals surface area contributed by atoms with Crippen LogP contribution in [0.2, 0.25) is 0 Å². The van der Waals surface area contributed by atoms with Gasteiger partial charge in [0.25, 0.3) is 0 Å². The topological polar surface area (TPSA) is 170 Å². The summed E-state index contributed by atoms with van der Waals surface area (Å²) in [4.78, 5) is 19.8. The summed E-state index contributed by atoms with van der Waals surface area (Å²) in [6.07, 6.45) is -8.65. The Labute approximate surface area is 107 Å². The maximum atomic E-state index is 9.95. The number of carboxylic acids is 1. The van der Waals surface area contributed by atoms with Gasteiger partial charge in [0.2, 0.25) is 0 Å². The van der Waals surface area contributed by atoms with Gasteiger partial charge in [0.1, 0.15) is 24.4 Å². The summed E-state index contributed by atoms with van der Waals surface area (Å²) in [6, 6.07) is 0. The van der Waals surface area contributed by atoms with Gasteiger partial charge in [0.15, 0.2) is 6.29 Å². The number of hydrogen-bond acceptors (Lipinski definition) is 7. The molecule has 0 aliphatic heterocycles. The molecule has 8 nitrogen and oxygen atoms in total. The van der Waals surface area contributed by atoms with E-state index < -0.39 is 30.4 Å². The SMILES string of the molecule is O.O=[13CH][13C@H](O)[13C@@H](O)[13C@H](O)[13C@H](O)[13C](=O)[O-].[Na+]. The van der Waals surface area contributed by atoms with Gasteiger partial charge in [-0.1, -0.05) is 0 Å². The van der Waals surface area contributed by atoms with E-state index in [9.17, 15) is 14.7 Å². The van der Waals surface area contributed by atoms with E-state index in [2.05, 4.69) is 0 Å². The third-order valence-electron chi connectivity index (χ3n) is 1.40. The van der Waals surface area contributed by atoms with Gasteiger partial charge in [0.05, 0.1) is 5.97 Å². The Bertz CT molecular complexity index is 198. The van der Waals surface area contributed by atoms with E-state index in [1.54, 1.807) is 0 Å². The smallest absolute Gasteiger partial charge is 0.547 e. The number of carboxylic acid groups (broad SMARTS) is 1. The van der Waals surface area contributed by atoms with Crippen LogP contribution in [0.5, 0.6) is 0 Å². The Balaban J connectivity index is -0.000000720. The molecule has 15 heavy (non-hydrogen) atoms. The van der Waals surface area contributed by atoms with Crippen molar-refractivity contribution in [2.24, 2.45) is 0 Å². The Morgan fingerprint density at radius 3 is 1.80 bits per heavy atom. The minimum atomic E-state index is -2.36. The average molecular weight is 240 g/mol. The number of aliphatic hydroxyl groups excluding tert-OH is 4. The van der Waals surface area contributed by atoms with Crippen molar-refractivity contribution in [3.63, 3.8) is 0 Å². The molecule has 0 saturated heterocycles. The van der Waals surface area contributed by atoms with Crippen LogP contribution in [0.25, 0.3) is 0 Å². The molecular weight excluding hydrogens is 229 g/mol. The maximum Gasteiger partial charge on any atom is 1.00 e. The quantitative estimate of drug-likeness (QED) is 0.210. The summed E-state index contributed by atoms with van der Waals surface area (Å²) in [6.45, 7) is 0. The summed E-state index contributed by atoms with van der Waals surface area (Å²) in [5.74, 6) is -2.01. The second-order valence-corrected chi connectivity index (χ2v) is 2.37. The molecule has 0 aliphatic rings. The summed E-state index contributed by atoms with van der Waals surface area (Å²) < 4.78 is 0. The number of carbonyl (C=O) groups excluding carboxylic acids is 2. The fourth-order valence-electron chi connectivity index (χ4n) is 0.609. The van der Waals surface area contributed by atoms with Gasteiger partial charge in [-0.2, -0.15) is 0 Å². The molecule has 9 heteroatoms. The average Bonchev–Trinajstić information content (AvgIpc) is 2.12. The fraction of sp³-hybridized carbons (Fsp3) is 0.667. The third kappa shape index (κ3) is 6.17. The Hall–Kier alpha value is -0.0600. The fourth-order valence-corrected chi connectivity index (χ4v) is 0.609. The zero-order chi connectivity index (χ0) is 10.6. The summed E-state index contributed by atoms with van der Waals surface area (Å²) in [5.41, 5.74) is 0. The molecule has 0 rings (SSSR count). The van der Waals surface area contributed by atoms with Crippen molar-refractivity contribution in [1.29, 1.82) is 0 Å². The van der Waals surface area contributed by atoms with Crippen molar-refractivity contribution < 1.29 is 70.2 Å². The van der Waals surface area contributed by atoms with Gasteiger partial charge in [0, 0.05) is 0 Å². The normalized spacial score (nSPS) is 17.3. The first kappa shape index (κ1) is 20.4. The molecule has 84 valence electrons. The largest absolute Gasteiger partial charge is 1.00 e. The molecule has 0 saturated carbocycles. The molecule has 6 N–H and O–H groups in total. The first-order chi connectivity index (χ1) is 5.91. The zero-order valence-electron chi connectivity index (χ0n) is 7.90. The first-order valence-corrected chi connectivity index (χ1v) is 3.30. The number of aldehydes is 1. The van der Waals surface area contributed by atoms with Gasteiger partial charge in [-0.05, 0) is 0 Å². The molecule has 0 aliphatic carbocycles. The first-order valence-electron chi connectivity index (χ1n) is 3.30. The Morgan fingerprint density at radius 1 is 1.13 bits per heavy atom. The maximum absolute atomic E-state index is 9.95. The van der Waals surface area contributed by atoms with Gasteiger partial charge in [-0.15, -0.1) is 0 Å². The molecule has 0 radical (unpaired) electrons. The minimum absolute atomic E-state index is 0. The van der Waals surface area contributed by atoms with E-state index >= 15 is 0 Å². The molecule has 0 spiro atoms. The molecule has 0 heterocycles. The third-order valence-corrected chi connectivity index (χ3v) is 1.40. The predicted octanol–water partition coefficient (Wildman–Crippen LogP) is -8.44. The van der Waals surface area contributed by atoms with Crippen molar-refractivity contribution in [3.8, 4) is 0 Å². The molecule has 0 aromatic carbocycles. The minimum Gasteiger partial charge on any atom is -0.547 e. The van der Waals surface area contributed by atoms with Crippen molar-refractivity contribution in [2.75, 3.05) is 0 Å². The Morgan fingerprint density at radius 2 is 1.53 bits per heavy atom. The van der Waals surface area contributed by atoms with E-state index in [0.29, 0.717) is 0 Å². The van der Waals surface area contributed by atoms with Crippen LogP contribution in [0.15, 0.2) is 0 Å². The van der Waals surface area contributed by atoms with Crippen LogP contribution in [0.4, 0.5) is 0 Å². The van der Waals surface area contributed by atoms with Crippen molar-refractivity contribution in [3.05, 3.63) is 0 Å². The monoisotopic (exact) mass is 240 g/mol. The van der Waals surface area contributed by atoms with Crippen LogP contribution in [0, 0.1) is 0 Å². The molecule has 4 atom stereocenters. The van der Waals surface area contributed by atoms with Crippen molar-refractivity contribution in [2.45, 2.75) is 24.4 Å². The van der Waals surface area contributed by atoms with Crippen LogP contribution in [0.3, 0.4) is 0 Å². The van der Waals surface area contributed by atoms with E-state index in [0.717, 1.165) is 0 Å². The Kier molecular flexibility index (Phi) is 12.5. The van der Waals surface area contributed by atoms with Crippen molar-refractivity contribution in [1.82, 2.24) is 0 Å². The summed E-state index contributed by atoms with van der Waals surface area (Å²) in [7, 11) is 0. The molecule has 0 amide bonds. The van der Waals surface area contributed by atoms with Gasteiger partial charge < -0.3 is 40.6 Å². The van der Waals surface area contributed by atoms with Crippen molar-refractivity contribution >= 4 is 12.3 Å². The predicted molar refractivity (Wildman–Crippen MR) is 38.7 cm³/mol. The van der Waals surface area contributed by atoms with E-state index in [4.69, 9.17) is 20.4 Å². The summed E-state index contributed by atoms with van der Waals surface area (Å²) in [5, 5.41) is 44.8. The number of aliphatic carboxylic acids is 1. The molecule has 0 aromatic heterocycles. The van der Waals surface area contributed by atoms with Gasteiger partial charge >= 0.3 is 29.6 Å². The molecule has 0 bridgehead atoms. The number of carbonyl (C=O) groups is 2. The number of hydrogen-bond donors (Lipinski definition) is 4. The summed E-state index contributed by atoms with van der Waals surface area (Å²) >= 11 is 0. The standard InChI is InChI=1S/C6H10O7.Na.H2O/c7-1-2(8)3(9)4(10)5(11)6(12)13;;/h1-5,8-11H,(H,12,13);;1H2/q;+1;/p-1/t2-,3+,4-,5-;;/m0../s1/i1+1,2+1,3+1,4+1,5+1,6+1;;. The molecule has 0 unspecified atom stereocenters. The second-order valence-electron chi connectivity index (χ2n) is 2.37. The molecule has 0 fully saturated rings. The van der Waals surface area contributed by atoms with Gasteiger partial charge in [-0.3, -0.25) is 0 Å². The van der Waals surface area contributed by atoms with E-state index in [-0.39, 0.29) is 41.3 Å². The van der Waals surface area contributed by atoms with Crippen LogP contribution in [-0.4, -0.2) is 62.6 Å². The van der Waals surface area contributed by atoms with E-state index in [1.165, 1.54) is 0 Å². The van der Waals surface area contributed by atoms with Crippen LogP contribution in [-0.2, 0) is 9.59 Å². The number of aliphatic hydroxyl groups is 4. The van der Waals surface area contributed by atoms with Crippen LogP contribution >= 0.6 is 0 Å². The molecular formula is C6H11NaO8.